The van der Waals surface area contributed by atoms with Crippen molar-refractivity contribution in [2.75, 3.05) is 11.9 Å². The van der Waals surface area contributed by atoms with Crippen molar-refractivity contribution < 1.29 is 0 Å². The van der Waals surface area contributed by atoms with Gasteiger partial charge in [-0.3, -0.25) is 0 Å². The average Bonchev–Trinajstić information content (AvgIpc) is 2.86. The van der Waals surface area contributed by atoms with Gasteiger partial charge in [-0.15, -0.1) is 0 Å². The van der Waals surface area contributed by atoms with Gasteiger partial charge in [0.15, 0.2) is 0 Å². The molecular formula is C19H23N. The maximum atomic E-state index is 3.60. The molecule has 20 heavy (non-hydrogen) atoms. The smallest absolute Gasteiger partial charge is 0.0343 e. The maximum absolute atomic E-state index is 3.60. The molecule has 1 N–H and O–H groups in total. The molecule has 0 aliphatic heterocycles. The minimum Gasteiger partial charge on any atom is -0.385 e. The van der Waals surface area contributed by atoms with Crippen molar-refractivity contribution in [2.24, 2.45) is 5.92 Å². The van der Waals surface area contributed by atoms with Gasteiger partial charge in [-0.2, -0.15) is 0 Å². The van der Waals surface area contributed by atoms with Crippen LogP contribution in [0.15, 0.2) is 42.5 Å². The van der Waals surface area contributed by atoms with E-state index in [1.54, 1.807) is 0 Å². The molecule has 0 bridgehead atoms. The summed E-state index contributed by atoms with van der Waals surface area (Å²) in [5.74, 6) is 0.778. The van der Waals surface area contributed by atoms with Crippen LogP contribution >= 0.6 is 0 Å². The van der Waals surface area contributed by atoms with E-state index in [1.807, 2.05) is 0 Å². The second kappa shape index (κ2) is 5.70. The topological polar surface area (TPSA) is 12.0 Å². The zero-order valence-corrected chi connectivity index (χ0v) is 12.4. The first kappa shape index (κ1) is 13.2. The molecule has 1 heteroatoms. The van der Waals surface area contributed by atoms with Crippen molar-refractivity contribution in [2.45, 2.75) is 33.1 Å². The molecule has 0 spiro atoms. The highest BCUT2D eigenvalue weighted by Gasteiger charge is 2.17. The molecule has 0 saturated heterocycles. The zero-order valence-electron chi connectivity index (χ0n) is 12.4. The molecule has 0 unspecified atom stereocenters. The van der Waals surface area contributed by atoms with Gasteiger partial charge in [-0.1, -0.05) is 57.0 Å². The van der Waals surface area contributed by atoms with Crippen molar-refractivity contribution >= 4 is 5.69 Å². The Morgan fingerprint density at radius 1 is 0.950 bits per heavy atom. The maximum Gasteiger partial charge on any atom is 0.0343 e. The molecule has 0 radical (unpaired) electrons. The Bertz CT molecular complexity index is 596. The molecule has 1 nitrogen and oxygen atoms in total. The Hall–Kier alpha value is -1.76. The summed E-state index contributed by atoms with van der Waals surface area (Å²) in [5, 5.41) is 3.60. The molecule has 1 aliphatic rings. The van der Waals surface area contributed by atoms with Gasteiger partial charge in [0.1, 0.15) is 0 Å². The highest BCUT2D eigenvalue weighted by molar-refractivity contribution is 5.78. The summed E-state index contributed by atoms with van der Waals surface area (Å²) in [6, 6.07) is 15.6. The summed E-state index contributed by atoms with van der Waals surface area (Å²) in [7, 11) is 0. The second-order valence-electron chi connectivity index (χ2n) is 5.77. The number of benzene rings is 2. The molecule has 1 aliphatic carbocycles. The monoisotopic (exact) mass is 265 g/mol. The van der Waals surface area contributed by atoms with E-state index < -0.39 is 0 Å². The molecule has 3 rings (SSSR count). The summed E-state index contributed by atoms with van der Waals surface area (Å²) in [6.07, 6.45) is 3.58. The van der Waals surface area contributed by atoms with E-state index in [0.29, 0.717) is 0 Å². The molecular weight excluding hydrogens is 242 g/mol. The minimum atomic E-state index is 0.778. The van der Waals surface area contributed by atoms with Gasteiger partial charge < -0.3 is 5.32 Å². The lowest BCUT2D eigenvalue weighted by atomic mass is 10.0. The fourth-order valence-corrected chi connectivity index (χ4v) is 3.09. The van der Waals surface area contributed by atoms with E-state index >= 15 is 0 Å². The van der Waals surface area contributed by atoms with Crippen LogP contribution in [0.4, 0.5) is 5.69 Å². The van der Waals surface area contributed by atoms with E-state index in [-0.39, 0.29) is 0 Å². The molecule has 0 aromatic heterocycles. The highest BCUT2D eigenvalue weighted by Crippen LogP contribution is 2.37. The quantitative estimate of drug-likeness (QED) is 0.676. The molecule has 0 saturated carbocycles. The first-order valence-corrected chi connectivity index (χ1v) is 7.77. The van der Waals surface area contributed by atoms with Crippen LogP contribution in [0.2, 0.25) is 0 Å². The summed E-state index contributed by atoms with van der Waals surface area (Å²) in [4.78, 5) is 0. The van der Waals surface area contributed by atoms with E-state index in [1.165, 1.54) is 40.8 Å². The first-order chi connectivity index (χ1) is 9.81. The Morgan fingerprint density at radius 3 is 2.50 bits per heavy atom. The van der Waals surface area contributed by atoms with Gasteiger partial charge in [0, 0.05) is 12.2 Å². The van der Waals surface area contributed by atoms with Crippen LogP contribution in [-0.2, 0) is 6.42 Å². The standard InChI is InChI=1S/C19H23N/c1-3-14(4-2)13-20-17-9-10-19-16(12-17)11-15-7-5-6-8-18(15)19/h5-10,12,14,20H,3-4,11,13H2,1-2H3. The number of anilines is 1. The highest BCUT2D eigenvalue weighted by atomic mass is 14.9. The van der Waals surface area contributed by atoms with Crippen LogP contribution in [0.1, 0.15) is 37.8 Å². The largest absolute Gasteiger partial charge is 0.385 e. The van der Waals surface area contributed by atoms with Crippen LogP contribution < -0.4 is 5.32 Å². The van der Waals surface area contributed by atoms with Crippen LogP contribution in [0.3, 0.4) is 0 Å². The third-order valence-corrected chi connectivity index (χ3v) is 4.54. The average molecular weight is 265 g/mol. The number of nitrogens with one attached hydrogen (secondary N) is 1. The SMILES string of the molecule is CCC(CC)CNc1ccc2c(c1)Cc1ccccc1-2. The Balaban J connectivity index is 1.77. The number of hydrogen-bond donors (Lipinski definition) is 1. The number of rotatable bonds is 5. The lowest BCUT2D eigenvalue weighted by Gasteiger charge is -2.15. The Labute approximate surface area is 122 Å². The van der Waals surface area contributed by atoms with Gasteiger partial charge in [0.05, 0.1) is 0 Å². The van der Waals surface area contributed by atoms with E-state index in [4.69, 9.17) is 0 Å². The van der Waals surface area contributed by atoms with Crippen LogP contribution in [0.25, 0.3) is 11.1 Å². The zero-order chi connectivity index (χ0) is 13.9. The molecule has 0 fully saturated rings. The molecule has 0 heterocycles. The number of hydrogen-bond acceptors (Lipinski definition) is 1. The van der Waals surface area contributed by atoms with Gasteiger partial charge in [0.2, 0.25) is 0 Å². The lowest BCUT2D eigenvalue weighted by molar-refractivity contribution is 0.519. The second-order valence-corrected chi connectivity index (χ2v) is 5.77. The summed E-state index contributed by atoms with van der Waals surface area (Å²) in [5.41, 5.74) is 7.01. The van der Waals surface area contributed by atoms with Gasteiger partial charge >= 0.3 is 0 Å². The van der Waals surface area contributed by atoms with Gasteiger partial charge in [-0.05, 0) is 46.7 Å². The lowest BCUT2D eigenvalue weighted by Crippen LogP contribution is -2.12. The molecule has 0 amide bonds. The summed E-state index contributed by atoms with van der Waals surface area (Å²) in [6.45, 7) is 5.63. The third-order valence-electron chi connectivity index (χ3n) is 4.54. The van der Waals surface area contributed by atoms with Crippen LogP contribution in [0.5, 0.6) is 0 Å². The fraction of sp³-hybridized carbons (Fsp3) is 0.368. The predicted molar refractivity (Wildman–Crippen MR) is 87.2 cm³/mol. The van der Waals surface area contributed by atoms with E-state index in [0.717, 1.165) is 18.9 Å². The van der Waals surface area contributed by atoms with Crippen LogP contribution in [0, 0.1) is 5.92 Å². The van der Waals surface area contributed by atoms with Crippen molar-refractivity contribution in [1.29, 1.82) is 0 Å². The predicted octanol–water partition coefficient (Wildman–Crippen LogP) is 5.11. The van der Waals surface area contributed by atoms with Crippen molar-refractivity contribution in [3.63, 3.8) is 0 Å². The van der Waals surface area contributed by atoms with Crippen molar-refractivity contribution in [3.05, 3.63) is 53.6 Å². The molecule has 104 valence electrons. The van der Waals surface area contributed by atoms with E-state index in [9.17, 15) is 0 Å². The summed E-state index contributed by atoms with van der Waals surface area (Å²) < 4.78 is 0. The summed E-state index contributed by atoms with van der Waals surface area (Å²) >= 11 is 0. The molecule has 2 aromatic carbocycles. The van der Waals surface area contributed by atoms with E-state index in [2.05, 4.69) is 61.6 Å². The minimum absolute atomic E-state index is 0.778. The third kappa shape index (κ3) is 2.45. The fourth-order valence-electron chi connectivity index (χ4n) is 3.09. The molecule has 0 atom stereocenters. The van der Waals surface area contributed by atoms with Crippen molar-refractivity contribution in [3.8, 4) is 11.1 Å². The normalized spacial score (nSPS) is 12.3. The van der Waals surface area contributed by atoms with Gasteiger partial charge in [0.25, 0.3) is 0 Å². The molecule has 2 aromatic rings. The van der Waals surface area contributed by atoms with Crippen LogP contribution in [-0.4, -0.2) is 6.54 Å². The Kier molecular flexibility index (Phi) is 3.77. The van der Waals surface area contributed by atoms with Gasteiger partial charge in [-0.25, -0.2) is 0 Å². The Morgan fingerprint density at radius 2 is 1.70 bits per heavy atom. The first-order valence-electron chi connectivity index (χ1n) is 7.77. The number of fused-ring (bicyclic) bond motifs is 3. The van der Waals surface area contributed by atoms with Crippen molar-refractivity contribution in [1.82, 2.24) is 0 Å².